The van der Waals surface area contributed by atoms with Crippen molar-refractivity contribution in [3.05, 3.63) is 6.54 Å². The molecule has 1 fully saturated rings. The number of carbonyl (C=O) groups is 1. The van der Waals surface area contributed by atoms with Gasteiger partial charge in [-0.1, -0.05) is 0 Å². The first-order valence-corrected chi connectivity index (χ1v) is 4.86. The summed E-state index contributed by atoms with van der Waals surface area (Å²) in [6, 6.07) is 0. The van der Waals surface area contributed by atoms with Crippen LogP contribution >= 0.6 is 0 Å². The number of hydrogen-bond donors (Lipinski definition) is 0. The van der Waals surface area contributed by atoms with Crippen molar-refractivity contribution >= 4 is 6.09 Å². The van der Waals surface area contributed by atoms with Crippen molar-refractivity contribution in [2.45, 2.75) is 45.9 Å². The van der Waals surface area contributed by atoms with Crippen molar-refractivity contribution in [2.75, 3.05) is 6.61 Å². The molecule has 1 heterocycles. The molecule has 1 atom stereocenters. The van der Waals surface area contributed by atoms with Gasteiger partial charge in [-0.05, 0) is 27.7 Å². The second-order valence-corrected chi connectivity index (χ2v) is 4.33. The van der Waals surface area contributed by atoms with E-state index >= 15 is 0 Å². The Morgan fingerprint density at radius 3 is 2.60 bits per heavy atom. The first-order chi connectivity index (χ1) is 6.40. The maximum Gasteiger partial charge on any atom is 1.00 e. The maximum absolute atomic E-state index is 11.6. The molecule has 0 aromatic rings. The van der Waals surface area contributed by atoms with Crippen LogP contribution in [-0.2, 0) is 9.47 Å². The molecule has 0 aromatic heterocycles. The van der Waals surface area contributed by atoms with Gasteiger partial charge in [0.1, 0.15) is 11.8 Å². The maximum atomic E-state index is 11.6. The molecular formula is C10H18LiNO3. The van der Waals surface area contributed by atoms with Gasteiger partial charge < -0.3 is 14.4 Å². The fraction of sp³-hybridized carbons (Fsp3) is 0.800. The molecule has 1 amide bonds. The van der Waals surface area contributed by atoms with E-state index in [-0.39, 0.29) is 31.2 Å². The van der Waals surface area contributed by atoms with Gasteiger partial charge in [0.2, 0.25) is 0 Å². The predicted octanol–water partition coefficient (Wildman–Crippen LogP) is -0.844. The SMILES string of the molecule is CC1OCC[CH-]N1C(=O)OC(C)(C)C.[Li+]. The molecule has 0 radical (unpaired) electrons. The zero-order valence-corrected chi connectivity index (χ0v) is 10.2. The van der Waals surface area contributed by atoms with Crippen molar-refractivity contribution in [3.8, 4) is 0 Å². The summed E-state index contributed by atoms with van der Waals surface area (Å²) < 4.78 is 10.5. The Morgan fingerprint density at radius 1 is 1.53 bits per heavy atom. The van der Waals surface area contributed by atoms with Crippen LogP contribution in [0.25, 0.3) is 0 Å². The average Bonchev–Trinajstić information content (AvgIpc) is 2.01. The van der Waals surface area contributed by atoms with Crippen LogP contribution in [0, 0.1) is 6.54 Å². The largest absolute Gasteiger partial charge is 1.00 e. The predicted molar refractivity (Wildman–Crippen MR) is 52.4 cm³/mol. The third kappa shape index (κ3) is 4.92. The summed E-state index contributed by atoms with van der Waals surface area (Å²) in [5.41, 5.74) is -0.456. The van der Waals surface area contributed by atoms with Crippen LogP contribution in [0.15, 0.2) is 0 Å². The molecule has 15 heavy (non-hydrogen) atoms. The van der Waals surface area contributed by atoms with E-state index in [4.69, 9.17) is 9.47 Å². The second kappa shape index (κ2) is 5.79. The normalized spacial score (nSPS) is 21.9. The van der Waals surface area contributed by atoms with Crippen molar-refractivity contribution in [1.29, 1.82) is 0 Å². The number of amides is 1. The van der Waals surface area contributed by atoms with Gasteiger partial charge in [0.05, 0.1) is 0 Å². The molecule has 0 bridgehead atoms. The Bertz CT molecular complexity index is 215. The van der Waals surface area contributed by atoms with E-state index in [1.807, 2.05) is 34.2 Å². The number of hydrogen-bond acceptors (Lipinski definition) is 3. The Hall–Kier alpha value is -0.173. The first kappa shape index (κ1) is 14.8. The van der Waals surface area contributed by atoms with Gasteiger partial charge in [0.25, 0.3) is 0 Å². The van der Waals surface area contributed by atoms with Gasteiger partial charge in [0, 0.05) is 6.61 Å². The monoisotopic (exact) mass is 207 g/mol. The topological polar surface area (TPSA) is 38.8 Å². The van der Waals surface area contributed by atoms with Gasteiger partial charge in [-0.15, -0.1) is 6.42 Å². The zero-order chi connectivity index (χ0) is 10.8. The van der Waals surface area contributed by atoms with E-state index in [0.717, 1.165) is 6.42 Å². The van der Waals surface area contributed by atoms with Crippen molar-refractivity contribution in [1.82, 2.24) is 4.90 Å². The van der Waals surface area contributed by atoms with E-state index in [9.17, 15) is 4.79 Å². The summed E-state index contributed by atoms with van der Waals surface area (Å²) in [7, 11) is 0. The summed E-state index contributed by atoms with van der Waals surface area (Å²) >= 11 is 0. The molecule has 4 nitrogen and oxygen atoms in total. The van der Waals surface area contributed by atoms with Crippen LogP contribution in [0.5, 0.6) is 0 Å². The standard InChI is InChI=1S/C10H18NO3.Li/c1-8-11(6-5-7-13-8)9(12)14-10(2,3)4;/h6,8H,5,7H2,1-4H3;/q-1;+1. The van der Waals surface area contributed by atoms with Crippen LogP contribution in [0.3, 0.4) is 0 Å². The van der Waals surface area contributed by atoms with Crippen molar-refractivity contribution in [2.24, 2.45) is 0 Å². The van der Waals surface area contributed by atoms with Crippen LogP contribution < -0.4 is 18.9 Å². The molecule has 0 aromatic carbocycles. The van der Waals surface area contributed by atoms with Gasteiger partial charge in [-0.2, -0.15) is 0 Å². The van der Waals surface area contributed by atoms with Crippen LogP contribution in [0.4, 0.5) is 4.79 Å². The fourth-order valence-corrected chi connectivity index (χ4v) is 1.20. The van der Waals surface area contributed by atoms with Gasteiger partial charge in [-0.25, -0.2) is 11.3 Å². The molecule has 0 spiro atoms. The molecule has 1 saturated heterocycles. The van der Waals surface area contributed by atoms with Crippen molar-refractivity contribution < 1.29 is 33.1 Å². The van der Waals surface area contributed by atoms with E-state index in [0.29, 0.717) is 6.61 Å². The molecule has 1 aliphatic rings. The molecule has 0 N–H and O–H groups in total. The summed E-state index contributed by atoms with van der Waals surface area (Å²) in [5, 5.41) is 0. The molecule has 82 valence electrons. The molecule has 1 rings (SSSR count). The first-order valence-electron chi connectivity index (χ1n) is 4.86. The molecule has 1 unspecified atom stereocenters. The van der Waals surface area contributed by atoms with Gasteiger partial charge in [-0.3, -0.25) is 0 Å². The van der Waals surface area contributed by atoms with Crippen molar-refractivity contribution in [3.63, 3.8) is 0 Å². The summed E-state index contributed by atoms with van der Waals surface area (Å²) in [5.74, 6) is 0. The molecule has 0 saturated carbocycles. The molecular weight excluding hydrogens is 189 g/mol. The van der Waals surface area contributed by atoms with E-state index < -0.39 is 5.60 Å². The average molecular weight is 207 g/mol. The summed E-state index contributed by atoms with van der Waals surface area (Å²) in [6.07, 6.45) is 0.187. The summed E-state index contributed by atoms with van der Waals surface area (Å²) in [4.78, 5) is 13.1. The third-order valence-electron chi connectivity index (χ3n) is 1.80. The molecule has 1 aliphatic heterocycles. The van der Waals surface area contributed by atoms with Gasteiger partial charge in [0.15, 0.2) is 0 Å². The number of ether oxygens (including phenoxy) is 2. The number of rotatable bonds is 0. The van der Waals surface area contributed by atoms with Crippen LogP contribution in [0.2, 0.25) is 0 Å². The minimum Gasteiger partial charge on any atom is -0.445 e. The van der Waals surface area contributed by atoms with Crippen LogP contribution in [0.1, 0.15) is 34.1 Å². The van der Waals surface area contributed by atoms with E-state index in [1.165, 1.54) is 4.90 Å². The Balaban J connectivity index is 0.00000196. The molecule has 0 aliphatic carbocycles. The third-order valence-corrected chi connectivity index (χ3v) is 1.80. The second-order valence-electron chi connectivity index (χ2n) is 4.33. The molecule has 5 heteroatoms. The fourth-order valence-electron chi connectivity index (χ4n) is 1.20. The van der Waals surface area contributed by atoms with E-state index in [2.05, 4.69) is 0 Å². The number of nitrogens with zero attached hydrogens (tertiary/aromatic N) is 1. The minimum absolute atomic E-state index is 0. The Labute approximate surface area is 103 Å². The summed E-state index contributed by atoms with van der Waals surface area (Å²) in [6.45, 7) is 9.86. The smallest absolute Gasteiger partial charge is 0.445 e. The number of carbonyl (C=O) groups excluding carboxylic acids is 1. The Kier molecular flexibility index (Phi) is 5.72. The van der Waals surface area contributed by atoms with Gasteiger partial charge >= 0.3 is 25.0 Å². The zero-order valence-electron chi connectivity index (χ0n) is 10.2. The minimum atomic E-state index is -0.456. The van der Waals surface area contributed by atoms with E-state index in [1.54, 1.807) is 0 Å². The van der Waals surface area contributed by atoms with Crippen LogP contribution in [-0.4, -0.2) is 29.4 Å². The Morgan fingerprint density at radius 2 is 2.13 bits per heavy atom. The quantitative estimate of drug-likeness (QED) is 0.384.